The Kier molecular flexibility index (Phi) is 9.44. The number of guanidine groups is 1. The van der Waals surface area contributed by atoms with E-state index in [9.17, 15) is 0 Å². The lowest BCUT2D eigenvalue weighted by Gasteiger charge is -2.22. The Bertz CT molecular complexity index is 844. The van der Waals surface area contributed by atoms with Crippen molar-refractivity contribution in [2.75, 3.05) is 43.0 Å². The second-order valence-corrected chi connectivity index (χ2v) is 8.76. The molecule has 0 amide bonds. The lowest BCUT2D eigenvalue weighted by molar-refractivity contribution is 0.648. The molecular formula is C25H37IN6. The maximum absolute atomic E-state index is 4.72. The van der Waals surface area contributed by atoms with Gasteiger partial charge in [0.15, 0.2) is 5.96 Å². The molecule has 0 radical (unpaired) electrons. The van der Waals surface area contributed by atoms with Gasteiger partial charge in [0, 0.05) is 57.7 Å². The fourth-order valence-electron chi connectivity index (χ4n) is 4.45. The number of anilines is 2. The van der Waals surface area contributed by atoms with Gasteiger partial charge in [0.25, 0.3) is 0 Å². The summed E-state index contributed by atoms with van der Waals surface area (Å²) in [6.45, 7) is 7.17. The van der Waals surface area contributed by atoms with Crippen LogP contribution in [0.15, 0.2) is 47.6 Å². The lowest BCUT2D eigenvalue weighted by atomic mass is 10.2. The predicted octanol–water partition coefficient (Wildman–Crippen LogP) is 4.33. The summed E-state index contributed by atoms with van der Waals surface area (Å²) in [6.07, 6.45) is 8.34. The minimum Gasteiger partial charge on any atom is -0.369 e. The van der Waals surface area contributed by atoms with Crippen molar-refractivity contribution in [1.29, 1.82) is 0 Å². The van der Waals surface area contributed by atoms with Crippen molar-refractivity contribution in [3.05, 3.63) is 53.7 Å². The Morgan fingerprint density at radius 2 is 1.75 bits per heavy atom. The van der Waals surface area contributed by atoms with Gasteiger partial charge in [0.05, 0.1) is 0 Å². The van der Waals surface area contributed by atoms with Gasteiger partial charge in [0.1, 0.15) is 5.82 Å². The molecule has 4 rings (SSSR count). The number of nitrogens with one attached hydrogen (secondary N) is 2. The van der Waals surface area contributed by atoms with Crippen LogP contribution in [0.2, 0.25) is 0 Å². The minimum absolute atomic E-state index is 0. The fraction of sp³-hybridized carbons (Fsp3) is 0.520. The Hall–Kier alpha value is -2.03. The third kappa shape index (κ3) is 6.73. The summed E-state index contributed by atoms with van der Waals surface area (Å²) in [5.74, 6) is 1.96. The first-order valence-corrected chi connectivity index (χ1v) is 11.7. The smallest absolute Gasteiger partial charge is 0.191 e. The third-order valence-electron chi connectivity index (χ3n) is 6.35. The second-order valence-electron chi connectivity index (χ2n) is 8.76. The number of hydrogen-bond acceptors (Lipinski definition) is 4. The van der Waals surface area contributed by atoms with E-state index in [1.807, 2.05) is 13.2 Å². The molecule has 1 aromatic carbocycles. The lowest BCUT2D eigenvalue weighted by Crippen LogP contribution is -2.44. The Morgan fingerprint density at radius 1 is 1.00 bits per heavy atom. The number of hydrogen-bond donors (Lipinski definition) is 2. The van der Waals surface area contributed by atoms with Gasteiger partial charge in [-0.15, -0.1) is 24.0 Å². The molecule has 2 fully saturated rings. The number of nitrogens with zero attached hydrogens (tertiary/aromatic N) is 4. The van der Waals surface area contributed by atoms with Crippen LogP contribution in [-0.2, 0) is 6.54 Å². The minimum atomic E-state index is 0. The molecule has 2 aliphatic heterocycles. The largest absolute Gasteiger partial charge is 0.369 e. The molecule has 1 aromatic heterocycles. The van der Waals surface area contributed by atoms with Gasteiger partial charge >= 0.3 is 0 Å². The first-order chi connectivity index (χ1) is 15.2. The molecule has 1 atom stereocenters. The van der Waals surface area contributed by atoms with Crippen molar-refractivity contribution in [1.82, 2.24) is 15.6 Å². The Labute approximate surface area is 209 Å². The summed E-state index contributed by atoms with van der Waals surface area (Å²) in [4.78, 5) is 14.0. The van der Waals surface area contributed by atoms with Crippen LogP contribution in [0, 0.1) is 6.92 Å². The average molecular weight is 549 g/mol. The molecule has 0 saturated carbocycles. The summed E-state index contributed by atoms with van der Waals surface area (Å²) >= 11 is 0. The van der Waals surface area contributed by atoms with E-state index in [4.69, 9.17) is 4.98 Å². The molecule has 6 nitrogen and oxygen atoms in total. The second kappa shape index (κ2) is 12.3. The van der Waals surface area contributed by atoms with Crippen LogP contribution in [-0.4, -0.2) is 50.2 Å². The number of pyridine rings is 1. The van der Waals surface area contributed by atoms with Gasteiger partial charge in [0.2, 0.25) is 0 Å². The monoisotopic (exact) mass is 548 g/mol. The molecular weight excluding hydrogens is 511 g/mol. The summed E-state index contributed by atoms with van der Waals surface area (Å²) < 4.78 is 0. The number of aliphatic imine (C=N–C) groups is 1. The summed E-state index contributed by atoms with van der Waals surface area (Å²) in [5.41, 5.74) is 3.78. The molecule has 3 heterocycles. The van der Waals surface area contributed by atoms with Gasteiger partial charge in [-0.25, -0.2) is 4.98 Å². The van der Waals surface area contributed by atoms with Crippen molar-refractivity contribution in [3.63, 3.8) is 0 Å². The van der Waals surface area contributed by atoms with Gasteiger partial charge in [-0.3, -0.25) is 4.99 Å². The highest BCUT2D eigenvalue weighted by Crippen LogP contribution is 2.21. The summed E-state index contributed by atoms with van der Waals surface area (Å²) in [6, 6.07) is 13.5. The van der Waals surface area contributed by atoms with E-state index in [0.29, 0.717) is 6.04 Å². The highest BCUT2D eigenvalue weighted by atomic mass is 127. The predicted molar refractivity (Wildman–Crippen MR) is 145 cm³/mol. The molecule has 1 unspecified atom stereocenters. The molecule has 0 aliphatic carbocycles. The maximum Gasteiger partial charge on any atom is 0.191 e. The van der Waals surface area contributed by atoms with Crippen LogP contribution < -0.4 is 20.4 Å². The van der Waals surface area contributed by atoms with Crippen LogP contribution >= 0.6 is 24.0 Å². The van der Waals surface area contributed by atoms with Crippen molar-refractivity contribution in [3.8, 4) is 0 Å². The molecule has 2 aliphatic rings. The number of benzene rings is 1. The zero-order valence-corrected chi connectivity index (χ0v) is 21.7. The van der Waals surface area contributed by atoms with E-state index in [1.54, 1.807) is 0 Å². The standard InChI is InChI=1S/C25H36N6.HI/c1-20-7-10-23(11-8-20)31-16-13-22(19-31)29-25(26-2)28-18-21-9-12-24(27-17-21)30-14-5-3-4-6-15-30;/h7-12,17,22H,3-6,13-16,18-19H2,1-2H3,(H2,26,28,29);1H. The molecule has 0 spiro atoms. The van der Waals surface area contributed by atoms with Crippen molar-refractivity contribution >= 4 is 41.4 Å². The quantitative estimate of drug-likeness (QED) is 0.331. The highest BCUT2D eigenvalue weighted by molar-refractivity contribution is 14.0. The van der Waals surface area contributed by atoms with Crippen LogP contribution in [0.4, 0.5) is 11.5 Å². The van der Waals surface area contributed by atoms with E-state index in [0.717, 1.165) is 50.9 Å². The van der Waals surface area contributed by atoms with Crippen molar-refractivity contribution in [2.45, 2.75) is 51.6 Å². The molecule has 32 heavy (non-hydrogen) atoms. The Balaban J connectivity index is 0.00000289. The Morgan fingerprint density at radius 3 is 2.41 bits per heavy atom. The highest BCUT2D eigenvalue weighted by Gasteiger charge is 2.23. The number of aryl methyl sites for hydroxylation is 1. The van der Waals surface area contributed by atoms with Crippen molar-refractivity contribution < 1.29 is 0 Å². The van der Waals surface area contributed by atoms with E-state index in [-0.39, 0.29) is 24.0 Å². The molecule has 2 N–H and O–H groups in total. The topological polar surface area (TPSA) is 55.8 Å². The molecule has 0 bridgehead atoms. The zero-order valence-electron chi connectivity index (χ0n) is 19.4. The number of halogens is 1. The van der Waals surface area contributed by atoms with Crippen LogP contribution in [0.3, 0.4) is 0 Å². The first kappa shape index (κ1) is 24.6. The molecule has 2 aromatic rings. The third-order valence-corrected chi connectivity index (χ3v) is 6.35. The van der Waals surface area contributed by atoms with Gasteiger partial charge in [-0.05, 0) is 49.9 Å². The SMILES string of the molecule is CN=C(NCc1ccc(N2CCCCCC2)nc1)NC1CCN(c2ccc(C)cc2)C1.I. The van der Waals surface area contributed by atoms with Crippen molar-refractivity contribution in [2.24, 2.45) is 4.99 Å². The van der Waals surface area contributed by atoms with Gasteiger partial charge in [-0.2, -0.15) is 0 Å². The van der Waals surface area contributed by atoms with E-state index in [1.165, 1.54) is 42.5 Å². The van der Waals surface area contributed by atoms with E-state index >= 15 is 0 Å². The maximum atomic E-state index is 4.72. The average Bonchev–Trinajstić information content (AvgIpc) is 3.09. The normalized spacial score (nSPS) is 19.3. The molecule has 174 valence electrons. The summed E-state index contributed by atoms with van der Waals surface area (Å²) in [5, 5.41) is 7.04. The van der Waals surface area contributed by atoms with Crippen LogP contribution in [0.1, 0.15) is 43.2 Å². The first-order valence-electron chi connectivity index (χ1n) is 11.7. The number of aromatic nitrogens is 1. The zero-order chi connectivity index (χ0) is 21.5. The summed E-state index contributed by atoms with van der Waals surface area (Å²) in [7, 11) is 1.84. The fourth-order valence-corrected chi connectivity index (χ4v) is 4.45. The van der Waals surface area contributed by atoms with Crippen LogP contribution in [0.25, 0.3) is 0 Å². The van der Waals surface area contributed by atoms with Gasteiger partial charge in [-0.1, -0.05) is 36.6 Å². The van der Waals surface area contributed by atoms with Gasteiger partial charge < -0.3 is 20.4 Å². The molecule has 7 heteroatoms. The van der Waals surface area contributed by atoms with Crippen LogP contribution in [0.5, 0.6) is 0 Å². The van der Waals surface area contributed by atoms with E-state index < -0.39 is 0 Å². The molecule has 2 saturated heterocycles. The number of rotatable bonds is 5. The van der Waals surface area contributed by atoms with E-state index in [2.05, 4.69) is 68.7 Å².